The lowest BCUT2D eigenvalue weighted by molar-refractivity contribution is -0.121. The average Bonchev–Trinajstić information content (AvgIpc) is 2.97. The van der Waals surface area contributed by atoms with Gasteiger partial charge in [0.05, 0.1) is 4.88 Å². The zero-order valence-electron chi connectivity index (χ0n) is 9.23. The third-order valence-electron chi connectivity index (χ3n) is 2.39. The van der Waals surface area contributed by atoms with E-state index in [1.165, 1.54) is 11.3 Å². The number of rotatable bonds is 5. The largest absolute Gasteiger partial charge is 0.353 e. The molecular weight excluding hydrogens is 256 g/mol. The number of hydrogen-bond donors (Lipinski definition) is 3. The minimum absolute atomic E-state index is 0.00821. The van der Waals surface area contributed by atoms with Gasteiger partial charge in [0.1, 0.15) is 0 Å². The van der Waals surface area contributed by atoms with Crippen LogP contribution >= 0.6 is 24.0 Å². The Labute approximate surface area is 109 Å². The van der Waals surface area contributed by atoms with E-state index in [1.54, 1.807) is 11.4 Å². The molecule has 2 rings (SSSR count). The Balaban J connectivity index is 1.67. The molecule has 6 heteroatoms. The first-order chi connectivity index (χ1) is 8.15. The van der Waals surface area contributed by atoms with Crippen LogP contribution in [0, 0.1) is 0 Å². The highest BCUT2D eigenvalue weighted by atomic mass is 32.1. The van der Waals surface area contributed by atoms with Gasteiger partial charge in [0.2, 0.25) is 5.91 Å². The second-order valence-corrected chi connectivity index (χ2v) is 5.44. The fourth-order valence-corrected chi connectivity index (χ4v) is 2.41. The lowest BCUT2D eigenvalue weighted by atomic mass is 10.3. The van der Waals surface area contributed by atoms with Crippen LogP contribution in [0.3, 0.4) is 0 Å². The van der Waals surface area contributed by atoms with E-state index in [4.69, 9.17) is 0 Å². The molecule has 0 aromatic carbocycles. The van der Waals surface area contributed by atoms with Gasteiger partial charge in [0.25, 0.3) is 5.91 Å². The molecule has 0 atom stereocenters. The standard InChI is InChI=1S/C11H14N2O2S2/c14-10(13-7-1-2-7)3-4-12-11(15)9-5-8(16)6-17-9/h5-7,16H,1-4H2,(H,12,15)(H,13,14). The number of amides is 2. The molecule has 0 spiro atoms. The molecule has 0 unspecified atom stereocenters. The molecule has 0 radical (unpaired) electrons. The Kier molecular flexibility index (Phi) is 4.06. The Morgan fingerprint density at radius 3 is 2.82 bits per heavy atom. The molecule has 0 saturated heterocycles. The number of hydrogen-bond acceptors (Lipinski definition) is 4. The van der Waals surface area contributed by atoms with Crippen molar-refractivity contribution in [1.82, 2.24) is 10.6 Å². The van der Waals surface area contributed by atoms with Gasteiger partial charge in [-0.15, -0.1) is 24.0 Å². The molecule has 1 saturated carbocycles. The van der Waals surface area contributed by atoms with E-state index in [2.05, 4.69) is 23.3 Å². The summed E-state index contributed by atoms with van der Waals surface area (Å²) in [4.78, 5) is 24.4. The SMILES string of the molecule is O=C(CCNC(=O)c1cc(S)cs1)NC1CC1. The van der Waals surface area contributed by atoms with E-state index in [9.17, 15) is 9.59 Å². The highest BCUT2D eigenvalue weighted by Gasteiger charge is 2.22. The van der Waals surface area contributed by atoms with Gasteiger partial charge >= 0.3 is 0 Å². The van der Waals surface area contributed by atoms with Gasteiger partial charge < -0.3 is 10.6 Å². The molecule has 0 aliphatic heterocycles. The lowest BCUT2D eigenvalue weighted by Gasteiger charge is -2.04. The van der Waals surface area contributed by atoms with Crippen molar-refractivity contribution < 1.29 is 9.59 Å². The molecule has 1 fully saturated rings. The summed E-state index contributed by atoms with van der Waals surface area (Å²) >= 11 is 5.48. The van der Waals surface area contributed by atoms with Crippen LogP contribution < -0.4 is 10.6 Å². The van der Waals surface area contributed by atoms with Gasteiger partial charge in [-0.25, -0.2) is 0 Å². The predicted molar refractivity (Wildman–Crippen MR) is 69.7 cm³/mol. The minimum Gasteiger partial charge on any atom is -0.353 e. The van der Waals surface area contributed by atoms with Crippen LogP contribution in [0.4, 0.5) is 0 Å². The number of carbonyl (C=O) groups excluding carboxylic acids is 2. The smallest absolute Gasteiger partial charge is 0.261 e. The summed E-state index contributed by atoms with van der Waals surface area (Å²) in [5.74, 6) is -0.136. The third kappa shape index (κ3) is 4.05. The Morgan fingerprint density at radius 1 is 1.47 bits per heavy atom. The molecule has 92 valence electrons. The van der Waals surface area contributed by atoms with E-state index in [1.807, 2.05) is 0 Å². The van der Waals surface area contributed by atoms with Crippen molar-refractivity contribution in [2.45, 2.75) is 30.2 Å². The molecule has 2 amide bonds. The van der Waals surface area contributed by atoms with E-state index in [-0.39, 0.29) is 11.8 Å². The summed E-state index contributed by atoms with van der Waals surface area (Å²) in [6.07, 6.45) is 2.50. The fourth-order valence-electron chi connectivity index (χ4n) is 1.35. The monoisotopic (exact) mass is 270 g/mol. The Morgan fingerprint density at radius 2 is 2.24 bits per heavy atom. The summed E-state index contributed by atoms with van der Waals surface area (Å²) in [6, 6.07) is 2.09. The van der Waals surface area contributed by atoms with Gasteiger partial charge in [-0.3, -0.25) is 9.59 Å². The van der Waals surface area contributed by atoms with Gasteiger partial charge in [-0.1, -0.05) is 0 Å². The minimum atomic E-state index is -0.144. The number of thiophene rings is 1. The van der Waals surface area contributed by atoms with Gasteiger partial charge in [0.15, 0.2) is 0 Å². The molecule has 1 heterocycles. The first-order valence-electron chi connectivity index (χ1n) is 5.50. The second kappa shape index (κ2) is 5.55. The van der Waals surface area contributed by atoms with Crippen molar-refractivity contribution in [3.05, 3.63) is 16.3 Å². The van der Waals surface area contributed by atoms with E-state index < -0.39 is 0 Å². The molecule has 1 aromatic heterocycles. The average molecular weight is 270 g/mol. The van der Waals surface area contributed by atoms with Crippen molar-refractivity contribution in [1.29, 1.82) is 0 Å². The van der Waals surface area contributed by atoms with Crippen LogP contribution in [0.25, 0.3) is 0 Å². The van der Waals surface area contributed by atoms with Crippen molar-refractivity contribution in [3.8, 4) is 0 Å². The van der Waals surface area contributed by atoms with E-state index in [0.717, 1.165) is 17.7 Å². The molecule has 2 N–H and O–H groups in total. The van der Waals surface area contributed by atoms with E-state index >= 15 is 0 Å². The second-order valence-electron chi connectivity index (χ2n) is 4.02. The Bertz CT molecular complexity index is 427. The molecule has 4 nitrogen and oxygen atoms in total. The topological polar surface area (TPSA) is 58.2 Å². The van der Waals surface area contributed by atoms with Crippen molar-refractivity contribution >= 4 is 35.8 Å². The van der Waals surface area contributed by atoms with Crippen LogP contribution in [0.1, 0.15) is 28.9 Å². The summed E-state index contributed by atoms with van der Waals surface area (Å²) in [6.45, 7) is 0.372. The third-order valence-corrected chi connectivity index (χ3v) is 3.75. The molecule has 1 aliphatic carbocycles. The Hall–Kier alpha value is -1.01. The number of thiol groups is 1. The van der Waals surface area contributed by atoms with Gasteiger partial charge in [-0.2, -0.15) is 0 Å². The zero-order chi connectivity index (χ0) is 12.3. The summed E-state index contributed by atoms with van der Waals surface area (Å²) in [5.41, 5.74) is 0. The fraction of sp³-hybridized carbons (Fsp3) is 0.455. The summed E-state index contributed by atoms with van der Waals surface area (Å²) in [5, 5.41) is 7.39. The number of nitrogens with one attached hydrogen (secondary N) is 2. The first-order valence-corrected chi connectivity index (χ1v) is 6.83. The quantitative estimate of drug-likeness (QED) is 0.709. The van der Waals surface area contributed by atoms with Crippen LogP contribution in [0.15, 0.2) is 16.3 Å². The summed E-state index contributed by atoms with van der Waals surface area (Å²) in [7, 11) is 0. The van der Waals surface area contributed by atoms with Gasteiger partial charge in [-0.05, 0) is 18.9 Å². The maximum atomic E-state index is 11.6. The van der Waals surface area contributed by atoms with Crippen LogP contribution in [0.2, 0.25) is 0 Å². The normalized spacial score (nSPS) is 14.4. The molecular formula is C11H14N2O2S2. The maximum absolute atomic E-state index is 11.6. The van der Waals surface area contributed by atoms with Crippen molar-refractivity contribution in [2.24, 2.45) is 0 Å². The van der Waals surface area contributed by atoms with Crippen LogP contribution in [-0.2, 0) is 4.79 Å². The van der Waals surface area contributed by atoms with E-state index in [0.29, 0.717) is 23.9 Å². The van der Waals surface area contributed by atoms with Crippen molar-refractivity contribution in [2.75, 3.05) is 6.54 Å². The maximum Gasteiger partial charge on any atom is 0.261 e. The number of carbonyl (C=O) groups is 2. The molecule has 0 bridgehead atoms. The van der Waals surface area contributed by atoms with Gasteiger partial charge in [0, 0.05) is 29.3 Å². The van der Waals surface area contributed by atoms with Crippen LogP contribution in [-0.4, -0.2) is 24.4 Å². The lowest BCUT2D eigenvalue weighted by Crippen LogP contribution is -2.31. The first kappa shape index (κ1) is 12.4. The predicted octanol–water partition coefficient (Wildman–Crippen LogP) is 1.44. The molecule has 1 aliphatic rings. The zero-order valence-corrected chi connectivity index (χ0v) is 10.9. The highest BCUT2D eigenvalue weighted by Crippen LogP contribution is 2.18. The summed E-state index contributed by atoms with van der Waals surface area (Å²) < 4.78 is 0. The van der Waals surface area contributed by atoms with Crippen LogP contribution in [0.5, 0.6) is 0 Å². The highest BCUT2D eigenvalue weighted by molar-refractivity contribution is 7.80. The van der Waals surface area contributed by atoms with Crippen molar-refractivity contribution in [3.63, 3.8) is 0 Å². The molecule has 1 aromatic rings. The molecule has 17 heavy (non-hydrogen) atoms.